The van der Waals surface area contributed by atoms with Crippen LogP contribution in [0.5, 0.6) is 5.75 Å². The lowest BCUT2D eigenvalue weighted by Crippen LogP contribution is -2.40. The van der Waals surface area contributed by atoms with Crippen LogP contribution in [0.2, 0.25) is 0 Å². The summed E-state index contributed by atoms with van der Waals surface area (Å²) < 4.78 is 122. The number of sulfone groups is 1. The Bertz CT molecular complexity index is 1910. The predicted octanol–water partition coefficient (Wildman–Crippen LogP) is 5.06. The molecule has 1 atom stereocenters. The van der Waals surface area contributed by atoms with E-state index in [-0.39, 0.29) is 33.9 Å². The lowest BCUT2D eigenvalue weighted by Gasteiger charge is -2.30. The average Bonchev–Trinajstić information content (AvgIpc) is 2.96. The van der Waals surface area contributed by atoms with Crippen molar-refractivity contribution in [3.63, 3.8) is 0 Å². The van der Waals surface area contributed by atoms with E-state index in [4.69, 9.17) is 4.74 Å². The van der Waals surface area contributed by atoms with E-state index in [1.165, 1.54) is 49.5 Å². The van der Waals surface area contributed by atoms with Gasteiger partial charge in [-0.3, -0.25) is 14.2 Å². The highest BCUT2D eigenvalue weighted by Crippen LogP contribution is 2.32. The standard InChI is InChI=1S/C29H25F7N4O5S/c1-17(39(12-13-46(2,43)44)24(41)15-18-5-10-23(30)22(14-18)29(34,35)36)26-38-25-21(4-3-11-37-25)27(42)40(26)19-6-8-20(9-7-19)45-16-28(31,32)33/h3-11,14,17H,12-13,15-16H2,1-2H3/t17-/m1/s1. The average molecular weight is 675 g/mol. The minimum Gasteiger partial charge on any atom is -0.484 e. The molecule has 17 heteroatoms. The maximum Gasteiger partial charge on any atom is 0.422 e. The van der Waals surface area contributed by atoms with Gasteiger partial charge in [0, 0.05) is 19.0 Å². The zero-order valence-corrected chi connectivity index (χ0v) is 24.9. The molecule has 9 nitrogen and oxygen atoms in total. The highest BCUT2D eigenvalue weighted by molar-refractivity contribution is 7.90. The Balaban J connectivity index is 1.80. The Morgan fingerprint density at radius 1 is 1.04 bits per heavy atom. The summed E-state index contributed by atoms with van der Waals surface area (Å²) in [5, 5.41) is 0.0378. The molecule has 0 aliphatic rings. The number of pyridine rings is 1. The van der Waals surface area contributed by atoms with Crippen molar-refractivity contribution in [3.05, 3.63) is 93.9 Å². The van der Waals surface area contributed by atoms with Gasteiger partial charge in [-0.1, -0.05) is 6.07 Å². The number of ether oxygens (including phenoxy) is 1. The number of nitrogens with zero attached hydrogens (tertiary/aromatic N) is 4. The van der Waals surface area contributed by atoms with Gasteiger partial charge in [-0.15, -0.1) is 0 Å². The monoisotopic (exact) mass is 674 g/mol. The van der Waals surface area contributed by atoms with Gasteiger partial charge in [0.05, 0.1) is 34.9 Å². The van der Waals surface area contributed by atoms with E-state index >= 15 is 0 Å². The first-order chi connectivity index (χ1) is 21.3. The van der Waals surface area contributed by atoms with Gasteiger partial charge in [0.25, 0.3) is 5.56 Å². The molecule has 2 heterocycles. The van der Waals surface area contributed by atoms with E-state index in [9.17, 15) is 48.7 Å². The first kappa shape index (κ1) is 34.3. The second kappa shape index (κ2) is 13.1. The number of carbonyl (C=O) groups is 1. The molecule has 2 aromatic heterocycles. The fraction of sp³-hybridized carbons (Fsp3) is 0.310. The molecule has 0 aliphatic heterocycles. The van der Waals surface area contributed by atoms with Gasteiger partial charge >= 0.3 is 12.4 Å². The summed E-state index contributed by atoms with van der Waals surface area (Å²) in [6.45, 7) is -0.625. The first-order valence-electron chi connectivity index (χ1n) is 13.3. The summed E-state index contributed by atoms with van der Waals surface area (Å²) in [6.07, 6.45) is -8.08. The van der Waals surface area contributed by atoms with Crippen molar-refractivity contribution >= 4 is 26.8 Å². The Hall–Kier alpha value is -4.54. The number of hydrogen-bond acceptors (Lipinski definition) is 7. The normalized spacial score (nSPS) is 13.1. The van der Waals surface area contributed by atoms with E-state index in [0.717, 1.165) is 21.8 Å². The molecule has 0 aliphatic carbocycles. The number of halogens is 7. The van der Waals surface area contributed by atoms with Crippen molar-refractivity contribution in [2.75, 3.05) is 25.2 Å². The minimum absolute atomic E-state index is 0.0378. The highest BCUT2D eigenvalue weighted by Gasteiger charge is 2.35. The Morgan fingerprint density at radius 2 is 1.72 bits per heavy atom. The maximum atomic E-state index is 13.9. The van der Waals surface area contributed by atoms with Crippen LogP contribution in [0.25, 0.3) is 16.7 Å². The molecule has 0 N–H and O–H groups in total. The lowest BCUT2D eigenvalue weighted by atomic mass is 10.1. The molecule has 0 bridgehead atoms. The third kappa shape index (κ3) is 8.38. The van der Waals surface area contributed by atoms with Crippen LogP contribution in [-0.4, -0.2) is 65.1 Å². The van der Waals surface area contributed by atoms with Crippen LogP contribution in [0, 0.1) is 5.82 Å². The molecule has 0 radical (unpaired) electrons. The third-order valence-corrected chi connectivity index (χ3v) is 7.65. The molecule has 0 saturated heterocycles. The Morgan fingerprint density at radius 3 is 2.33 bits per heavy atom. The minimum atomic E-state index is -5.04. The number of hydrogen-bond donors (Lipinski definition) is 0. The number of alkyl halides is 6. The number of carbonyl (C=O) groups excluding carboxylic acids is 1. The molecule has 246 valence electrons. The molecular formula is C29H25F7N4O5S. The van der Waals surface area contributed by atoms with Crippen LogP contribution in [0.15, 0.2) is 65.6 Å². The van der Waals surface area contributed by atoms with E-state index in [2.05, 4.69) is 9.97 Å². The SMILES string of the molecule is C[C@H](c1nc2ncccc2c(=O)n1-c1ccc(OCC(F)(F)F)cc1)N(CCS(C)(=O)=O)C(=O)Cc1ccc(F)c(C(F)(F)F)c1. The summed E-state index contributed by atoms with van der Waals surface area (Å²) in [7, 11) is -3.69. The molecule has 0 saturated carbocycles. The van der Waals surface area contributed by atoms with Crippen molar-refractivity contribution in [2.45, 2.75) is 31.7 Å². The maximum absolute atomic E-state index is 13.9. The van der Waals surface area contributed by atoms with Crippen LogP contribution in [0.3, 0.4) is 0 Å². The summed E-state index contributed by atoms with van der Waals surface area (Å²) >= 11 is 0. The first-order valence-corrected chi connectivity index (χ1v) is 15.4. The molecule has 0 spiro atoms. The number of amides is 1. The molecular weight excluding hydrogens is 649 g/mol. The summed E-state index contributed by atoms with van der Waals surface area (Å²) in [5.41, 5.74) is -2.44. The topological polar surface area (TPSA) is 111 Å². The fourth-order valence-corrected chi connectivity index (χ4v) is 5.06. The molecule has 1 amide bonds. The van der Waals surface area contributed by atoms with Crippen LogP contribution in [0.4, 0.5) is 30.7 Å². The largest absolute Gasteiger partial charge is 0.484 e. The number of aromatic nitrogens is 3. The van der Waals surface area contributed by atoms with Gasteiger partial charge in [0.2, 0.25) is 5.91 Å². The fourth-order valence-electron chi connectivity index (χ4n) is 4.54. The molecule has 46 heavy (non-hydrogen) atoms. The van der Waals surface area contributed by atoms with Crippen molar-refractivity contribution in [1.82, 2.24) is 19.4 Å². The van der Waals surface area contributed by atoms with Crippen LogP contribution >= 0.6 is 0 Å². The van der Waals surface area contributed by atoms with Gasteiger partial charge in [0.15, 0.2) is 12.3 Å². The van der Waals surface area contributed by atoms with E-state index in [1.807, 2.05) is 0 Å². The molecule has 0 unspecified atom stereocenters. The smallest absolute Gasteiger partial charge is 0.422 e. The van der Waals surface area contributed by atoms with E-state index in [1.54, 1.807) is 0 Å². The van der Waals surface area contributed by atoms with Gasteiger partial charge in [-0.2, -0.15) is 26.3 Å². The summed E-state index contributed by atoms with van der Waals surface area (Å²) in [4.78, 5) is 36.9. The quantitative estimate of drug-likeness (QED) is 0.217. The van der Waals surface area contributed by atoms with E-state index < -0.39 is 76.4 Å². The van der Waals surface area contributed by atoms with Crippen LogP contribution in [-0.2, 0) is 27.2 Å². The number of rotatable bonds is 10. The summed E-state index contributed by atoms with van der Waals surface area (Å²) in [5.74, 6) is -3.29. The number of fused-ring (bicyclic) bond motifs is 1. The highest BCUT2D eigenvalue weighted by atomic mass is 32.2. The van der Waals surface area contributed by atoms with Gasteiger partial charge < -0.3 is 9.64 Å². The lowest BCUT2D eigenvalue weighted by molar-refractivity contribution is -0.153. The second-order valence-corrected chi connectivity index (χ2v) is 12.5. The third-order valence-electron chi connectivity index (χ3n) is 6.72. The van der Waals surface area contributed by atoms with E-state index in [0.29, 0.717) is 12.1 Å². The Labute approximate surface area is 257 Å². The zero-order chi connectivity index (χ0) is 34.0. The van der Waals surface area contributed by atoms with Gasteiger partial charge in [-0.05, 0) is 61.0 Å². The van der Waals surface area contributed by atoms with Gasteiger partial charge in [-0.25, -0.2) is 22.8 Å². The Kier molecular flexibility index (Phi) is 9.75. The van der Waals surface area contributed by atoms with Gasteiger partial charge in [0.1, 0.15) is 27.2 Å². The van der Waals surface area contributed by atoms with Crippen molar-refractivity contribution in [2.24, 2.45) is 0 Å². The zero-order valence-electron chi connectivity index (χ0n) is 24.1. The number of benzene rings is 2. The molecule has 4 aromatic rings. The van der Waals surface area contributed by atoms with Crippen molar-refractivity contribution in [1.29, 1.82) is 0 Å². The van der Waals surface area contributed by atoms with Crippen LogP contribution in [0.1, 0.15) is 29.9 Å². The molecule has 2 aromatic carbocycles. The van der Waals surface area contributed by atoms with Crippen molar-refractivity contribution in [3.8, 4) is 11.4 Å². The predicted molar refractivity (Wildman–Crippen MR) is 152 cm³/mol. The molecule has 4 rings (SSSR count). The van der Waals surface area contributed by atoms with Crippen molar-refractivity contribution < 1.29 is 48.7 Å². The van der Waals surface area contributed by atoms with Crippen LogP contribution < -0.4 is 10.3 Å². The summed E-state index contributed by atoms with van der Waals surface area (Å²) in [6, 6.07) is 8.59. The second-order valence-electron chi connectivity index (χ2n) is 10.3. The molecule has 0 fully saturated rings.